The fraction of sp³-hybridized carbons (Fsp3) is 0.571. The quantitative estimate of drug-likeness (QED) is 0.633. The molecule has 0 amide bonds. The van der Waals surface area contributed by atoms with Gasteiger partial charge in [0.15, 0.2) is 0 Å². The van der Waals surface area contributed by atoms with Gasteiger partial charge in [-0.25, -0.2) is 0 Å². The maximum absolute atomic E-state index is 10.9. The molecular weight excluding hydrogens is 242 g/mol. The highest BCUT2D eigenvalue weighted by Crippen LogP contribution is 2.26. The number of nitro benzene ring substituents is 1. The molecule has 0 unspecified atom stereocenters. The highest BCUT2D eigenvalue weighted by molar-refractivity contribution is 5.55. The van der Waals surface area contributed by atoms with Crippen molar-refractivity contribution in [3.63, 3.8) is 0 Å². The molecule has 1 aromatic carbocycles. The SMILES string of the molecule is CCC(C)(C)N(C)Cc1cc([N+](=O)[O-])ccc1NC. The zero-order valence-electron chi connectivity index (χ0n) is 12.4. The van der Waals surface area contributed by atoms with Crippen LogP contribution in [0.15, 0.2) is 18.2 Å². The minimum atomic E-state index is -0.353. The van der Waals surface area contributed by atoms with Gasteiger partial charge in [-0.15, -0.1) is 0 Å². The Morgan fingerprint density at radius 3 is 2.53 bits per heavy atom. The summed E-state index contributed by atoms with van der Waals surface area (Å²) in [5.41, 5.74) is 2.08. The fourth-order valence-electron chi connectivity index (χ4n) is 1.81. The molecule has 5 heteroatoms. The molecule has 0 bridgehead atoms. The number of non-ortho nitro benzene ring substituents is 1. The van der Waals surface area contributed by atoms with Gasteiger partial charge in [0.1, 0.15) is 0 Å². The predicted molar refractivity (Wildman–Crippen MR) is 78.5 cm³/mol. The van der Waals surface area contributed by atoms with Crippen LogP contribution in [0, 0.1) is 10.1 Å². The van der Waals surface area contributed by atoms with Crippen LogP contribution in [-0.4, -0.2) is 29.5 Å². The predicted octanol–water partition coefficient (Wildman–Crippen LogP) is 3.26. The third-order valence-corrected chi connectivity index (χ3v) is 3.88. The van der Waals surface area contributed by atoms with E-state index in [0.717, 1.165) is 17.7 Å². The number of nitro groups is 1. The van der Waals surface area contributed by atoms with E-state index in [2.05, 4.69) is 31.0 Å². The molecule has 0 spiro atoms. The molecule has 0 aliphatic rings. The molecule has 0 saturated carbocycles. The van der Waals surface area contributed by atoms with Gasteiger partial charge < -0.3 is 5.32 Å². The van der Waals surface area contributed by atoms with Crippen molar-refractivity contribution >= 4 is 11.4 Å². The van der Waals surface area contributed by atoms with E-state index in [1.54, 1.807) is 12.1 Å². The highest BCUT2D eigenvalue weighted by atomic mass is 16.6. The second-order valence-corrected chi connectivity index (χ2v) is 5.37. The van der Waals surface area contributed by atoms with Crippen LogP contribution in [0.25, 0.3) is 0 Å². The lowest BCUT2D eigenvalue weighted by molar-refractivity contribution is -0.384. The summed E-state index contributed by atoms with van der Waals surface area (Å²) in [6.45, 7) is 7.16. The maximum atomic E-state index is 10.9. The molecule has 5 nitrogen and oxygen atoms in total. The normalized spacial score (nSPS) is 11.7. The van der Waals surface area contributed by atoms with E-state index in [-0.39, 0.29) is 16.1 Å². The van der Waals surface area contributed by atoms with Crippen molar-refractivity contribution < 1.29 is 4.92 Å². The number of rotatable bonds is 6. The Kier molecular flexibility index (Phi) is 4.89. The summed E-state index contributed by atoms with van der Waals surface area (Å²) in [5, 5.41) is 14.0. The minimum absolute atomic E-state index is 0.0651. The molecule has 0 aliphatic carbocycles. The van der Waals surface area contributed by atoms with Gasteiger partial charge in [0.25, 0.3) is 5.69 Å². The largest absolute Gasteiger partial charge is 0.388 e. The first-order valence-electron chi connectivity index (χ1n) is 6.48. The smallest absolute Gasteiger partial charge is 0.269 e. The van der Waals surface area contributed by atoms with E-state index in [0.29, 0.717) is 6.54 Å². The molecule has 0 saturated heterocycles. The summed E-state index contributed by atoms with van der Waals surface area (Å²) in [5.74, 6) is 0. The van der Waals surface area contributed by atoms with Gasteiger partial charge in [-0.2, -0.15) is 0 Å². The molecule has 1 N–H and O–H groups in total. The van der Waals surface area contributed by atoms with Crippen molar-refractivity contribution in [3.8, 4) is 0 Å². The van der Waals surface area contributed by atoms with Crippen LogP contribution in [0.5, 0.6) is 0 Å². The van der Waals surface area contributed by atoms with Crippen LogP contribution >= 0.6 is 0 Å². The Balaban J connectivity index is 3.04. The summed E-state index contributed by atoms with van der Waals surface area (Å²) in [6.07, 6.45) is 1.02. The summed E-state index contributed by atoms with van der Waals surface area (Å²) in [4.78, 5) is 12.7. The zero-order chi connectivity index (χ0) is 14.6. The van der Waals surface area contributed by atoms with Crippen LogP contribution in [0.2, 0.25) is 0 Å². The molecule has 1 rings (SSSR count). The van der Waals surface area contributed by atoms with Crippen molar-refractivity contribution in [3.05, 3.63) is 33.9 Å². The first-order valence-corrected chi connectivity index (χ1v) is 6.48. The van der Waals surface area contributed by atoms with Crippen LogP contribution < -0.4 is 5.32 Å². The van der Waals surface area contributed by atoms with E-state index in [9.17, 15) is 10.1 Å². The van der Waals surface area contributed by atoms with Crippen molar-refractivity contribution in [1.82, 2.24) is 4.90 Å². The van der Waals surface area contributed by atoms with Gasteiger partial charge in [0, 0.05) is 37.0 Å². The monoisotopic (exact) mass is 265 g/mol. The van der Waals surface area contributed by atoms with Crippen molar-refractivity contribution in [2.75, 3.05) is 19.4 Å². The summed E-state index contributed by atoms with van der Waals surface area (Å²) >= 11 is 0. The number of hydrogen-bond donors (Lipinski definition) is 1. The number of nitrogens with one attached hydrogen (secondary N) is 1. The lowest BCUT2D eigenvalue weighted by atomic mass is 9.99. The third-order valence-electron chi connectivity index (χ3n) is 3.88. The average molecular weight is 265 g/mol. The molecule has 1 aromatic rings. The van der Waals surface area contributed by atoms with E-state index < -0.39 is 0 Å². The lowest BCUT2D eigenvalue weighted by Crippen LogP contribution is -2.39. The first kappa shape index (κ1) is 15.4. The van der Waals surface area contributed by atoms with E-state index in [4.69, 9.17) is 0 Å². The molecule has 106 valence electrons. The van der Waals surface area contributed by atoms with Crippen LogP contribution in [0.4, 0.5) is 11.4 Å². The Morgan fingerprint density at radius 1 is 1.42 bits per heavy atom. The summed E-state index contributed by atoms with van der Waals surface area (Å²) < 4.78 is 0. The number of anilines is 1. The van der Waals surface area contributed by atoms with E-state index in [1.807, 2.05) is 14.1 Å². The van der Waals surface area contributed by atoms with Gasteiger partial charge in [0.2, 0.25) is 0 Å². The lowest BCUT2D eigenvalue weighted by Gasteiger charge is -2.35. The Morgan fingerprint density at radius 2 is 2.05 bits per heavy atom. The van der Waals surface area contributed by atoms with Crippen LogP contribution in [0.3, 0.4) is 0 Å². The summed E-state index contributed by atoms with van der Waals surface area (Å²) in [7, 11) is 3.87. The van der Waals surface area contributed by atoms with Crippen LogP contribution in [-0.2, 0) is 6.54 Å². The topological polar surface area (TPSA) is 58.4 Å². The Hall–Kier alpha value is -1.62. The Labute approximate surface area is 114 Å². The van der Waals surface area contributed by atoms with Gasteiger partial charge >= 0.3 is 0 Å². The standard InChI is InChI=1S/C14H23N3O2/c1-6-14(2,3)16(5)10-11-9-12(17(18)19)7-8-13(11)15-4/h7-9,15H,6,10H2,1-5H3. The minimum Gasteiger partial charge on any atom is -0.388 e. The molecule has 19 heavy (non-hydrogen) atoms. The van der Waals surface area contributed by atoms with Crippen molar-refractivity contribution in [1.29, 1.82) is 0 Å². The number of benzene rings is 1. The van der Waals surface area contributed by atoms with Crippen molar-refractivity contribution in [2.45, 2.75) is 39.3 Å². The average Bonchev–Trinajstić information content (AvgIpc) is 2.38. The molecule has 0 fully saturated rings. The van der Waals surface area contributed by atoms with Crippen molar-refractivity contribution in [2.24, 2.45) is 0 Å². The number of nitrogens with zero attached hydrogens (tertiary/aromatic N) is 2. The first-order chi connectivity index (χ1) is 8.81. The molecular formula is C14H23N3O2. The second kappa shape index (κ2) is 6.02. The molecule has 0 aromatic heterocycles. The molecule has 0 radical (unpaired) electrons. The van der Waals surface area contributed by atoms with Gasteiger partial charge in [0.05, 0.1) is 4.92 Å². The second-order valence-electron chi connectivity index (χ2n) is 5.37. The molecule has 0 heterocycles. The number of hydrogen-bond acceptors (Lipinski definition) is 4. The van der Waals surface area contributed by atoms with Gasteiger partial charge in [-0.1, -0.05) is 6.92 Å². The van der Waals surface area contributed by atoms with E-state index >= 15 is 0 Å². The van der Waals surface area contributed by atoms with Gasteiger partial charge in [-0.3, -0.25) is 15.0 Å². The van der Waals surface area contributed by atoms with Crippen LogP contribution in [0.1, 0.15) is 32.8 Å². The third kappa shape index (κ3) is 3.67. The molecule has 0 atom stereocenters. The highest BCUT2D eigenvalue weighted by Gasteiger charge is 2.22. The molecule has 0 aliphatic heterocycles. The zero-order valence-corrected chi connectivity index (χ0v) is 12.4. The van der Waals surface area contributed by atoms with Gasteiger partial charge in [-0.05, 0) is 38.9 Å². The maximum Gasteiger partial charge on any atom is 0.269 e. The fourth-order valence-corrected chi connectivity index (χ4v) is 1.81. The summed E-state index contributed by atoms with van der Waals surface area (Å²) in [6, 6.07) is 4.94. The Bertz CT molecular complexity index is 458. The van der Waals surface area contributed by atoms with E-state index in [1.165, 1.54) is 6.07 Å².